The van der Waals surface area contributed by atoms with Crippen LogP contribution in [0.1, 0.15) is 41.0 Å². The van der Waals surface area contributed by atoms with Crippen molar-refractivity contribution in [3.63, 3.8) is 0 Å². The van der Waals surface area contributed by atoms with Gasteiger partial charge in [0, 0.05) is 24.9 Å². The van der Waals surface area contributed by atoms with Gasteiger partial charge in [-0.3, -0.25) is 4.79 Å². The Labute approximate surface area is 116 Å². The summed E-state index contributed by atoms with van der Waals surface area (Å²) < 4.78 is 0. The number of nitrogens with one attached hydrogen (secondary N) is 1. The quantitative estimate of drug-likeness (QED) is 0.834. The van der Waals surface area contributed by atoms with Crippen LogP contribution in [-0.4, -0.2) is 47.5 Å². The molecule has 0 spiro atoms. The largest absolute Gasteiger partial charge is 0.342 e. The molecule has 0 saturated carbocycles. The molecule has 0 radical (unpaired) electrons. The van der Waals surface area contributed by atoms with E-state index in [2.05, 4.69) is 19.2 Å². The minimum atomic E-state index is -0.0654. The lowest BCUT2D eigenvalue weighted by Gasteiger charge is -2.37. The van der Waals surface area contributed by atoms with Gasteiger partial charge in [-0.15, -0.1) is 0 Å². The monoisotopic (exact) mass is 272 g/mol. The average Bonchev–Trinajstić information content (AvgIpc) is 2.29. The summed E-state index contributed by atoms with van der Waals surface area (Å²) in [7, 11) is 0. The molecule has 1 aliphatic heterocycles. The van der Waals surface area contributed by atoms with Gasteiger partial charge >= 0.3 is 0 Å². The summed E-state index contributed by atoms with van der Waals surface area (Å²) in [6.07, 6.45) is 1.16. The van der Waals surface area contributed by atoms with Crippen LogP contribution in [0.2, 0.25) is 0 Å². The van der Waals surface area contributed by atoms with Gasteiger partial charge in [0.1, 0.15) is 0 Å². The average molecular weight is 272 g/mol. The van der Waals surface area contributed by atoms with Crippen molar-refractivity contribution < 1.29 is 4.79 Å². The molecule has 0 aromatic heterocycles. The normalized spacial score (nSPS) is 24.6. The molecular formula is C14H28N2OS. The molecule has 2 unspecified atom stereocenters. The molecule has 106 valence electrons. The van der Waals surface area contributed by atoms with Crippen molar-refractivity contribution in [1.29, 1.82) is 0 Å². The van der Waals surface area contributed by atoms with Crippen molar-refractivity contribution in [2.24, 2.45) is 5.41 Å². The Morgan fingerprint density at radius 2 is 2.06 bits per heavy atom. The zero-order chi connectivity index (χ0) is 13.8. The summed E-state index contributed by atoms with van der Waals surface area (Å²) in [5.41, 5.74) is 0.387. The molecule has 0 aliphatic carbocycles. The van der Waals surface area contributed by atoms with Gasteiger partial charge in [-0.1, -0.05) is 13.8 Å². The second kappa shape index (κ2) is 6.80. The van der Waals surface area contributed by atoms with Gasteiger partial charge in [0.15, 0.2) is 0 Å². The second-order valence-corrected chi connectivity index (χ2v) is 7.01. The van der Waals surface area contributed by atoms with Gasteiger partial charge in [0.25, 0.3) is 0 Å². The lowest BCUT2D eigenvalue weighted by Crippen LogP contribution is -2.51. The van der Waals surface area contributed by atoms with E-state index in [-0.39, 0.29) is 11.9 Å². The van der Waals surface area contributed by atoms with E-state index in [0.29, 0.717) is 11.5 Å². The molecule has 1 rings (SSSR count). The van der Waals surface area contributed by atoms with Crippen molar-refractivity contribution in [2.45, 2.75) is 53.1 Å². The number of hydrogen-bond acceptors (Lipinski definition) is 3. The maximum Gasteiger partial charge on any atom is 0.239 e. The van der Waals surface area contributed by atoms with E-state index in [0.717, 1.165) is 25.3 Å². The van der Waals surface area contributed by atoms with Gasteiger partial charge in [0.2, 0.25) is 5.91 Å². The predicted molar refractivity (Wildman–Crippen MR) is 80.0 cm³/mol. The summed E-state index contributed by atoms with van der Waals surface area (Å²) in [6, 6.07) is 0.401. The summed E-state index contributed by atoms with van der Waals surface area (Å²) in [5, 5.41) is 3.51. The summed E-state index contributed by atoms with van der Waals surface area (Å²) in [6.45, 7) is 12.3. The highest BCUT2D eigenvalue weighted by atomic mass is 32.2. The highest BCUT2D eigenvalue weighted by Crippen LogP contribution is 2.33. The Kier molecular flexibility index (Phi) is 5.99. The van der Waals surface area contributed by atoms with Gasteiger partial charge < -0.3 is 10.2 Å². The Hall–Kier alpha value is -0.220. The molecule has 1 saturated heterocycles. The first-order valence-corrected chi connectivity index (χ1v) is 8.17. The first-order chi connectivity index (χ1) is 8.39. The van der Waals surface area contributed by atoms with Crippen LogP contribution < -0.4 is 5.32 Å². The molecule has 4 heteroatoms. The molecule has 0 aromatic carbocycles. The lowest BCUT2D eigenvalue weighted by atomic mass is 9.87. The molecule has 0 aromatic rings. The van der Waals surface area contributed by atoms with E-state index in [1.54, 1.807) is 0 Å². The summed E-state index contributed by atoms with van der Waals surface area (Å²) >= 11 is 2.00. The number of thioether (sulfide) groups is 1. The number of likely N-dealkylation sites (N-methyl/N-ethyl adjacent to an activating group) is 1. The number of amides is 1. The number of hydrogen-bond donors (Lipinski definition) is 1. The first kappa shape index (κ1) is 15.8. The van der Waals surface area contributed by atoms with Crippen LogP contribution in [0, 0.1) is 5.41 Å². The molecule has 1 amide bonds. The summed E-state index contributed by atoms with van der Waals surface area (Å²) in [4.78, 5) is 14.1. The van der Waals surface area contributed by atoms with Crippen molar-refractivity contribution in [3.05, 3.63) is 0 Å². The Morgan fingerprint density at radius 1 is 1.44 bits per heavy atom. The first-order valence-electron chi connectivity index (χ1n) is 7.02. The van der Waals surface area contributed by atoms with E-state index >= 15 is 0 Å². The topological polar surface area (TPSA) is 32.3 Å². The number of rotatable bonds is 5. The third-order valence-corrected chi connectivity index (χ3v) is 5.17. The zero-order valence-electron chi connectivity index (χ0n) is 12.5. The van der Waals surface area contributed by atoms with Gasteiger partial charge in [-0.05, 0) is 38.4 Å². The fourth-order valence-corrected chi connectivity index (χ4v) is 3.89. The lowest BCUT2D eigenvalue weighted by molar-refractivity contribution is -0.132. The van der Waals surface area contributed by atoms with E-state index in [4.69, 9.17) is 0 Å². The molecule has 3 nitrogen and oxygen atoms in total. The molecular weight excluding hydrogens is 244 g/mol. The molecule has 1 fully saturated rings. The van der Waals surface area contributed by atoms with Crippen LogP contribution in [0.3, 0.4) is 0 Å². The molecule has 18 heavy (non-hydrogen) atoms. The molecule has 1 aliphatic rings. The van der Waals surface area contributed by atoms with Crippen molar-refractivity contribution in [3.8, 4) is 0 Å². The van der Waals surface area contributed by atoms with E-state index < -0.39 is 0 Å². The zero-order valence-corrected chi connectivity index (χ0v) is 13.3. The number of nitrogens with zero attached hydrogens (tertiary/aromatic N) is 1. The minimum Gasteiger partial charge on any atom is -0.342 e. The fourth-order valence-electron chi connectivity index (χ4n) is 2.60. The highest BCUT2D eigenvalue weighted by molar-refractivity contribution is 7.99. The molecule has 2 atom stereocenters. The van der Waals surface area contributed by atoms with Gasteiger partial charge in [-0.2, -0.15) is 11.8 Å². The molecule has 1 N–H and O–H groups in total. The van der Waals surface area contributed by atoms with E-state index in [1.165, 1.54) is 5.75 Å². The van der Waals surface area contributed by atoms with Crippen LogP contribution in [0.5, 0.6) is 0 Å². The van der Waals surface area contributed by atoms with Crippen LogP contribution in [-0.2, 0) is 4.79 Å². The van der Waals surface area contributed by atoms with E-state index in [9.17, 15) is 4.79 Å². The molecule has 0 bridgehead atoms. The minimum absolute atomic E-state index is 0.0654. The predicted octanol–water partition coefficient (Wildman–Crippen LogP) is 2.36. The van der Waals surface area contributed by atoms with Gasteiger partial charge in [0.05, 0.1) is 6.04 Å². The third kappa shape index (κ3) is 4.47. The highest BCUT2D eigenvalue weighted by Gasteiger charge is 2.30. The van der Waals surface area contributed by atoms with Crippen LogP contribution in [0.25, 0.3) is 0 Å². The van der Waals surface area contributed by atoms with Crippen LogP contribution in [0.4, 0.5) is 0 Å². The smallest absolute Gasteiger partial charge is 0.239 e. The maximum absolute atomic E-state index is 12.2. The van der Waals surface area contributed by atoms with E-state index in [1.807, 2.05) is 37.4 Å². The third-order valence-electron chi connectivity index (χ3n) is 3.54. The molecule has 1 heterocycles. The van der Waals surface area contributed by atoms with Gasteiger partial charge in [-0.25, -0.2) is 0 Å². The summed E-state index contributed by atoms with van der Waals surface area (Å²) in [5.74, 6) is 2.58. The number of carbonyl (C=O) groups is 1. The van der Waals surface area contributed by atoms with Crippen molar-refractivity contribution in [1.82, 2.24) is 10.2 Å². The Morgan fingerprint density at radius 3 is 2.56 bits per heavy atom. The Balaban J connectivity index is 2.48. The number of carbonyl (C=O) groups excluding carboxylic acids is 1. The van der Waals surface area contributed by atoms with Crippen molar-refractivity contribution >= 4 is 17.7 Å². The van der Waals surface area contributed by atoms with Crippen LogP contribution >= 0.6 is 11.8 Å². The van der Waals surface area contributed by atoms with Crippen LogP contribution in [0.15, 0.2) is 0 Å². The Bertz CT molecular complexity index is 277. The SMILES string of the molecule is CCN(CC)C(=O)C(C)NC1CSCC(C)(C)C1. The standard InChI is InChI=1S/C14H28N2OS/c1-6-16(7-2)13(17)11(3)15-12-8-14(4,5)10-18-9-12/h11-12,15H,6-10H2,1-5H3. The second-order valence-electron chi connectivity index (χ2n) is 5.98. The maximum atomic E-state index is 12.2. The fraction of sp³-hybridized carbons (Fsp3) is 0.929. The van der Waals surface area contributed by atoms with Crippen molar-refractivity contribution in [2.75, 3.05) is 24.6 Å².